The average Bonchev–Trinajstić information content (AvgIpc) is 2.59. The van der Waals surface area contributed by atoms with E-state index in [1.165, 1.54) is 0 Å². The van der Waals surface area contributed by atoms with Gasteiger partial charge in [-0.3, -0.25) is 9.89 Å². The number of halogens is 1. The van der Waals surface area contributed by atoms with E-state index in [9.17, 15) is 4.79 Å². The van der Waals surface area contributed by atoms with Gasteiger partial charge < -0.3 is 25.4 Å². The minimum absolute atomic E-state index is 0. The maximum Gasteiger partial charge on any atom is 0.407 e. The molecule has 0 aromatic carbocycles. The first-order chi connectivity index (χ1) is 12.7. The summed E-state index contributed by atoms with van der Waals surface area (Å²) in [4.78, 5) is 18.4. The van der Waals surface area contributed by atoms with Crippen molar-refractivity contribution in [1.29, 1.82) is 0 Å². The topological polar surface area (TPSA) is 87.2 Å². The molecule has 0 bridgehead atoms. The van der Waals surface area contributed by atoms with Crippen LogP contribution in [0.1, 0.15) is 41.0 Å². The zero-order chi connectivity index (χ0) is 20.3. The van der Waals surface area contributed by atoms with Gasteiger partial charge in [-0.05, 0) is 33.1 Å². The highest BCUT2D eigenvalue weighted by atomic mass is 127. The van der Waals surface area contributed by atoms with Crippen molar-refractivity contribution in [2.45, 2.75) is 52.7 Å². The van der Waals surface area contributed by atoms with Gasteiger partial charge >= 0.3 is 6.09 Å². The molecule has 0 radical (unpaired) electrons. The van der Waals surface area contributed by atoms with E-state index in [1.807, 2.05) is 20.8 Å². The third-order valence-corrected chi connectivity index (χ3v) is 4.30. The number of aliphatic imine (C=N–C) groups is 1. The predicted octanol–water partition coefficient (Wildman–Crippen LogP) is 2.04. The second kappa shape index (κ2) is 14.2. The highest BCUT2D eigenvalue weighted by molar-refractivity contribution is 14.0. The quantitative estimate of drug-likeness (QED) is 0.199. The molecular formula is C19H40IN5O3. The van der Waals surface area contributed by atoms with Crippen molar-refractivity contribution in [2.75, 3.05) is 53.0 Å². The molecule has 1 atom stereocenters. The molecule has 9 heteroatoms. The molecule has 8 nitrogen and oxygen atoms in total. The van der Waals surface area contributed by atoms with Gasteiger partial charge in [-0.1, -0.05) is 13.8 Å². The fraction of sp³-hybridized carbons (Fsp3) is 0.895. The zero-order valence-electron chi connectivity index (χ0n) is 18.3. The van der Waals surface area contributed by atoms with Crippen molar-refractivity contribution < 1.29 is 14.3 Å². The summed E-state index contributed by atoms with van der Waals surface area (Å²) in [5, 5.41) is 9.47. The van der Waals surface area contributed by atoms with E-state index in [-0.39, 0.29) is 30.1 Å². The first-order valence-corrected chi connectivity index (χ1v) is 9.96. The number of guanidine groups is 1. The van der Waals surface area contributed by atoms with Gasteiger partial charge in [-0.15, -0.1) is 24.0 Å². The third-order valence-electron chi connectivity index (χ3n) is 4.30. The van der Waals surface area contributed by atoms with Crippen LogP contribution in [0.2, 0.25) is 0 Å². The van der Waals surface area contributed by atoms with Crippen LogP contribution in [-0.4, -0.2) is 81.6 Å². The fourth-order valence-electron chi connectivity index (χ4n) is 2.92. The molecule has 166 valence electrons. The van der Waals surface area contributed by atoms with E-state index in [2.05, 4.69) is 39.7 Å². The third kappa shape index (κ3) is 11.9. The highest BCUT2D eigenvalue weighted by Crippen LogP contribution is 2.12. The standard InChI is InChI=1S/C19H39N5O3.HI/c1-15(2)16(24-10-12-26-13-11-24)14-23-17(20-6)21-8-7-9-22-18(25)27-19(3,4)5;/h15-16H,7-14H2,1-6H3,(H,22,25)(H2,20,21,23);1H. The van der Waals surface area contributed by atoms with Crippen molar-refractivity contribution in [2.24, 2.45) is 10.9 Å². The molecule has 28 heavy (non-hydrogen) atoms. The SMILES string of the molecule is CN=C(NCCCNC(=O)OC(C)(C)C)NCC(C(C)C)N1CCOCC1.I. The van der Waals surface area contributed by atoms with Crippen molar-refractivity contribution in [3.63, 3.8) is 0 Å². The van der Waals surface area contributed by atoms with E-state index in [0.717, 1.165) is 51.8 Å². The minimum Gasteiger partial charge on any atom is -0.444 e. The molecule has 0 saturated carbocycles. The number of alkyl carbamates (subject to hydrolysis) is 1. The van der Waals surface area contributed by atoms with Crippen LogP contribution in [0.5, 0.6) is 0 Å². The molecule has 1 unspecified atom stereocenters. The predicted molar refractivity (Wildman–Crippen MR) is 125 cm³/mol. The number of carbonyl (C=O) groups is 1. The summed E-state index contributed by atoms with van der Waals surface area (Å²) >= 11 is 0. The Balaban J connectivity index is 0.00000729. The molecule has 1 amide bonds. The number of morpholine rings is 1. The molecular weight excluding hydrogens is 473 g/mol. The van der Waals surface area contributed by atoms with Gasteiger partial charge in [0.2, 0.25) is 0 Å². The summed E-state index contributed by atoms with van der Waals surface area (Å²) < 4.78 is 10.7. The largest absolute Gasteiger partial charge is 0.444 e. The molecule has 1 fully saturated rings. The van der Waals surface area contributed by atoms with Gasteiger partial charge in [-0.2, -0.15) is 0 Å². The molecule has 1 aliphatic rings. The van der Waals surface area contributed by atoms with Crippen LogP contribution < -0.4 is 16.0 Å². The molecule has 0 aromatic rings. The lowest BCUT2D eigenvalue weighted by atomic mass is 10.0. The lowest BCUT2D eigenvalue weighted by Gasteiger charge is -2.37. The summed E-state index contributed by atoms with van der Waals surface area (Å²) in [5.41, 5.74) is -0.471. The summed E-state index contributed by atoms with van der Waals surface area (Å²) in [7, 11) is 1.77. The maximum absolute atomic E-state index is 11.6. The number of hydrogen-bond donors (Lipinski definition) is 3. The molecule has 0 aliphatic carbocycles. The van der Waals surface area contributed by atoms with Crippen molar-refractivity contribution >= 4 is 36.0 Å². The van der Waals surface area contributed by atoms with Crippen molar-refractivity contribution in [1.82, 2.24) is 20.9 Å². The Kier molecular flexibility index (Phi) is 13.8. The fourth-order valence-corrected chi connectivity index (χ4v) is 2.92. The van der Waals surface area contributed by atoms with Crippen LogP contribution in [0.25, 0.3) is 0 Å². The number of nitrogens with one attached hydrogen (secondary N) is 3. The van der Waals surface area contributed by atoms with Crippen molar-refractivity contribution in [3.8, 4) is 0 Å². The Bertz CT molecular complexity index is 463. The molecule has 1 rings (SSSR count). The number of nitrogens with zero attached hydrogens (tertiary/aromatic N) is 2. The number of rotatable bonds is 8. The Labute approximate surface area is 187 Å². The van der Waals surface area contributed by atoms with E-state index >= 15 is 0 Å². The Morgan fingerprint density at radius 2 is 1.75 bits per heavy atom. The highest BCUT2D eigenvalue weighted by Gasteiger charge is 2.23. The van der Waals surface area contributed by atoms with Gasteiger partial charge in [0, 0.05) is 45.8 Å². The monoisotopic (exact) mass is 513 g/mol. The van der Waals surface area contributed by atoms with E-state index < -0.39 is 5.60 Å². The number of carbonyl (C=O) groups excluding carboxylic acids is 1. The Hall–Kier alpha value is -0.810. The van der Waals surface area contributed by atoms with E-state index in [4.69, 9.17) is 9.47 Å². The van der Waals surface area contributed by atoms with Crippen LogP contribution in [0.4, 0.5) is 4.79 Å². The normalized spacial score (nSPS) is 16.9. The minimum atomic E-state index is -0.471. The van der Waals surface area contributed by atoms with Gasteiger partial charge in [0.1, 0.15) is 5.60 Å². The van der Waals surface area contributed by atoms with Crippen LogP contribution in [0.3, 0.4) is 0 Å². The van der Waals surface area contributed by atoms with Crippen LogP contribution in [0.15, 0.2) is 4.99 Å². The van der Waals surface area contributed by atoms with E-state index in [0.29, 0.717) is 18.5 Å². The Morgan fingerprint density at radius 3 is 2.29 bits per heavy atom. The number of ether oxygens (including phenoxy) is 2. The lowest BCUT2D eigenvalue weighted by Crippen LogP contribution is -2.52. The Morgan fingerprint density at radius 1 is 1.14 bits per heavy atom. The molecule has 1 saturated heterocycles. The average molecular weight is 513 g/mol. The van der Waals surface area contributed by atoms with Crippen LogP contribution in [0, 0.1) is 5.92 Å². The maximum atomic E-state index is 11.6. The number of amides is 1. The second-order valence-electron chi connectivity index (χ2n) is 8.12. The van der Waals surface area contributed by atoms with Crippen molar-refractivity contribution in [3.05, 3.63) is 0 Å². The van der Waals surface area contributed by atoms with Crippen LogP contribution in [-0.2, 0) is 9.47 Å². The van der Waals surface area contributed by atoms with Gasteiger partial charge in [0.15, 0.2) is 5.96 Å². The molecule has 3 N–H and O–H groups in total. The zero-order valence-corrected chi connectivity index (χ0v) is 20.7. The molecule has 0 spiro atoms. The lowest BCUT2D eigenvalue weighted by molar-refractivity contribution is 0.00752. The summed E-state index contributed by atoms with van der Waals surface area (Å²) in [6.07, 6.45) is 0.409. The van der Waals surface area contributed by atoms with Crippen LogP contribution >= 0.6 is 24.0 Å². The summed E-state index contributed by atoms with van der Waals surface area (Å²) in [6.45, 7) is 15.7. The molecule has 0 aromatic heterocycles. The van der Waals surface area contributed by atoms with Gasteiger partial charge in [-0.25, -0.2) is 4.79 Å². The molecule has 1 heterocycles. The summed E-state index contributed by atoms with van der Waals surface area (Å²) in [6, 6.07) is 0.446. The second-order valence-corrected chi connectivity index (χ2v) is 8.12. The van der Waals surface area contributed by atoms with Gasteiger partial charge in [0.05, 0.1) is 13.2 Å². The van der Waals surface area contributed by atoms with Gasteiger partial charge in [0.25, 0.3) is 0 Å². The summed E-state index contributed by atoms with van der Waals surface area (Å²) in [5.74, 6) is 1.33. The first-order valence-electron chi connectivity index (χ1n) is 9.96. The molecule has 1 aliphatic heterocycles. The first kappa shape index (κ1) is 27.2. The van der Waals surface area contributed by atoms with E-state index in [1.54, 1.807) is 7.05 Å². The smallest absolute Gasteiger partial charge is 0.407 e. The number of hydrogen-bond acceptors (Lipinski definition) is 5.